The molecule has 1 heterocycles. The number of nitrogens with zero attached hydrogens (tertiary/aromatic N) is 1. The van der Waals surface area contributed by atoms with Gasteiger partial charge in [0.1, 0.15) is 5.75 Å². The molecule has 138 valence electrons. The SMILES string of the molecule is CCOc1ccc(C2CCCN2CC(=O)Nc2ccc(C)cc2C)cc1. The summed E-state index contributed by atoms with van der Waals surface area (Å²) in [7, 11) is 0. The Balaban J connectivity index is 1.63. The van der Waals surface area contributed by atoms with Gasteiger partial charge in [0.25, 0.3) is 0 Å². The zero-order valence-electron chi connectivity index (χ0n) is 15.9. The Morgan fingerprint density at radius 3 is 2.65 bits per heavy atom. The number of carbonyl (C=O) groups excluding carboxylic acids is 1. The van der Waals surface area contributed by atoms with Crippen molar-refractivity contribution in [2.45, 2.75) is 39.7 Å². The number of hydrogen-bond acceptors (Lipinski definition) is 3. The molecule has 26 heavy (non-hydrogen) atoms. The fraction of sp³-hybridized carbons (Fsp3) is 0.409. The molecular formula is C22H28N2O2. The lowest BCUT2D eigenvalue weighted by molar-refractivity contribution is -0.117. The molecule has 0 spiro atoms. The van der Waals surface area contributed by atoms with Crippen LogP contribution in [-0.2, 0) is 4.79 Å². The van der Waals surface area contributed by atoms with E-state index in [9.17, 15) is 4.79 Å². The van der Waals surface area contributed by atoms with Gasteiger partial charge in [0.2, 0.25) is 5.91 Å². The molecule has 2 aromatic carbocycles. The zero-order chi connectivity index (χ0) is 18.5. The van der Waals surface area contributed by atoms with E-state index >= 15 is 0 Å². The normalized spacial score (nSPS) is 17.3. The van der Waals surface area contributed by atoms with Crippen molar-refractivity contribution in [2.75, 3.05) is 25.0 Å². The molecular weight excluding hydrogens is 324 g/mol. The quantitative estimate of drug-likeness (QED) is 0.833. The van der Waals surface area contributed by atoms with Crippen LogP contribution < -0.4 is 10.1 Å². The van der Waals surface area contributed by atoms with E-state index in [-0.39, 0.29) is 5.91 Å². The van der Waals surface area contributed by atoms with Crippen molar-refractivity contribution < 1.29 is 9.53 Å². The second kappa shape index (κ2) is 8.37. The van der Waals surface area contributed by atoms with Gasteiger partial charge in [0, 0.05) is 11.7 Å². The molecule has 0 aromatic heterocycles. The van der Waals surface area contributed by atoms with Crippen molar-refractivity contribution in [3.8, 4) is 5.75 Å². The van der Waals surface area contributed by atoms with Crippen molar-refractivity contribution in [1.82, 2.24) is 4.90 Å². The molecule has 1 aliphatic rings. The predicted molar refractivity (Wildman–Crippen MR) is 106 cm³/mol. The number of nitrogens with one attached hydrogen (secondary N) is 1. The van der Waals surface area contributed by atoms with Crippen LogP contribution in [0.25, 0.3) is 0 Å². The van der Waals surface area contributed by atoms with Crippen LogP contribution in [0.15, 0.2) is 42.5 Å². The van der Waals surface area contributed by atoms with Crippen molar-refractivity contribution >= 4 is 11.6 Å². The number of likely N-dealkylation sites (tertiary alicyclic amines) is 1. The highest BCUT2D eigenvalue weighted by molar-refractivity contribution is 5.93. The summed E-state index contributed by atoms with van der Waals surface area (Å²) in [5.41, 5.74) is 4.46. The molecule has 1 amide bonds. The number of hydrogen-bond donors (Lipinski definition) is 1. The maximum Gasteiger partial charge on any atom is 0.238 e. The Morgan fingerprint density at radius 1 is 1.19 bits per heavy atom. The van der Waals surface area contributed by atoms with Gasteiger partial charge in [0.05, 0.1) is 13.2 Å². The monoisotopic (exact) mass is 352 g/mol. The molecule has 0 bridgehead atoms. The van der Waals surface area contributed by atoms with Crippen LogP contribution in [0, 0.1) is 13.8 Å². The molecule has 4 heteroatoms. The first-order valence-corrected chi connectivity index (χ1v) is 9.40. The highest BCUT2D eigenvalue weighted by Crippen LogP contribution is 2.32. The van der Waals surface area contributed by atoms with Crippen molar-refractivity contribution in [2.24, 2.45) is 0 Å². The lowest BCUT2D eigenvalue weighted by atomic mass is 10.0. The van der Waals surface area contributed by atoms with E-state index < -0.39 is 0 Å². The summed E-state index contributed by atoms with van der Waals surface area (Å²) in [6, 6.07) is 14.7. The molecule has 1 saturated heterocycles. The first-order valence-electron chi connectivity index (χ1n) is 9.40. The summed E-state index contributed by atoms with van der Waals surface area (Å²) in [5, 5.41) is 3.06. The number of rotatable bonds is 6. The molecule has 0 aliphatic carbocycles. The number of anilines is 1. The van der Waals surface area contributed by atoms with Crippen molar-refractivity contribution in [3.05, 3.63) is 59.2 Å². The summed E-state index contributed by atoms with van der Waals surface area (Å²) >= 11 is 0. The summed E-state index contributed by atoms with van der Waals surface area (Å²) < 4.78 is 5.52. The average molecular weight is 352 g/mol. The Kier molecular flexibility index (Phi) is 5.94. The minimum Gasteiger partial charge on any atom is -0.494 e. The van der Waals surface area contributed by atoms with Gasteiger partial charge in [0.15, 0.2) is 0 Å². The van der Waals surface area contributed by atoms with Crippen LogP contribution in [0.1, 0.15) is 42.5 Å². The van der Waals surface area contributed by atoms with Crippen molar-refractivity contribution in [1.29, 1.82) is 0 Å². The number of amides is 1. The lowest BCUT2D eigenvalue weighted by Crippen LogP contribution is -2.33. The standard InChI is InChI=1S/C22H28N2O2/c1-4-26-19-10-8-18(9-11-19)21-6-5-13-24(21)15-22(25)23-20-12-7-16(2)14-17(20)3/h7-12,14,21H,4-6,13,15H2,1-3H3,(H,23,25). The minimum atomic E-state index is 0.0507. The largest absolute Gasteiger partial charge is 0.494 e. The maximum absolute atomic E-state index is 12.5. The van der Waals surface area contributed by atoms with Crippen LogP contribution in [0.4, 0.5) is 5.69 Å². The fourth-order valence-electron chi connectivity index (χ4n) is 3.67. The van der Waals surface area contributed by atoms with Crippen LogP contribution in [0.3, 0.4) is 0 Å². The second-order valence-electron chi connectivity index (χ2n) is 7.00. The Morgan fingerprint density at radius 2 is 1.96 bits per heavy atom. The number of carbonyl (C=O) groups is 1. The smallest absolute Gasteiger partial charge is 0.238 e. The van der Waals surface area contributed by atoms with Crippen LogP contribution in [0.5, 0.6) is 5.75 Å². The highest BCUT2D eigenvalue weighted by Gasteiger charge is 2.27. The summed E-state index contributed by atoms with van der Waals surface area (Å²) in [5.74, 6) is 0.947. The molecule has 4 nitrogen and oxygen atoms in total. The van der Waals surface area contributed by atoms with E-state index in [2.05, 4.69) is 35.3 Å². The van der Waals surface area contributed by atoms with E-state index in [1.165, 1.54) is 11.1 Å². The maximum atomic E-state index is 12.5. The van der Waals surface area contributed by atoms with E-state index in [1.807, 2.05) is 38.1 Å². The molecule has 1 N–H and O–H groups in total. The first-order chi connectivity index (χ1) is 12.6. The van der Waals surface area contributed by atoms with E-state index in [0.717, 1.165) is 36.4 Å². The third-order valence-corrected chi connectivity index (χ3v) is 4.94. The molecule has 1 fully saturated rings. The van der Waals surface area contributed by atoms with E-state index in [4.69, 9.17) is 4.74 Å². The van der Waals surface area contributed by atoms with Crippen LogP contribution in [0.2, 0.25) is 0 Å². The van der Waals surface area contributed by atoms with Gasteiger partial charge in [-0.15, -0.1) is 0 Å². The Bertz CT molecular complexity index is 755. The summed E-state index contributed by atoms with van der Waals surface area (Å²) in [6.07, 6.45) is 2.21. The van der Waals surface area contributed by atoms with Gasteiger partial charge in [-0.2, -0.15) is 0 Å². The van der Waals surface area contributed by atoms with Gasteiger partial charge in [-0.3, -0.25) is 9.69 Å². The molecule has 2 aromatic rings. The highest BCUT2D eigenvalue weighted by atomic mass is 16.5. The van der Waals surface area contributed by atoms with Gasteiger partial charge in [-0.05, 0) is 69.5 Å². The zero-order valence-corrected chi connectivity index (χ0v) is 15.9. The fourth-order valence-corrected chi connectivity index (χ4v) is 3.67. The summed E-state index contributed by atoms with van der Waals surface area (Å²) in [6.45, 7) is 8.13. The van der Waals surface area contributed by atoms with E-state index in [1.54, 1.807) is 0 Å². The number of benzene rings is 2. The van der Waals surface area contributed by atoms with Gasteiger partial charge in [-0.1, -0.05) is 29.8 Å². The van der Waals surface area contributed by atoms with Gasteiger partial charge in [-0.25, -0.2) is 0 Å². The third kappa shape index (κ3) is 4.44. The van der Waals surface area contributed by atoms with Crippen LogP contribution in [-0.4, -0.2) is 30.5 Å². The molecule has 1 atom stereocenters. The molecule has 0 radical (unpaired) electrons. The van der Waals surface area contributed by atoms with E-state index in [0.29, 0.717) is 19.2 Å². The van der Waals surface area contributed by atoms with Gasteiger partial charge < -0.3 is 10.1 Å². The predicted octanol–water partition coefficient (Wildman–Crippen LogP) is 4.48. The first kappa shape index (κ1) is 18.5. The third-order valence-electron chi connectivity index (χ3n) is 4.94. The Labute approximate surface area is 156 Å². The summed E-state index contributed by atoms with van der Waals surface area (Å²) in [4.78, 5) is 14.8. The number of aryl methyl sites for hydroxylation is 2. The van der Waals surface area contributed by atoms with Crippen LogP contribution >= 0.6 is 0 Å². The minimum absolute atomic E-state index is 0.0507. The lowest BCUT2D eigenvalue weighted by Gasteiger charge is -2.24. The Hall–Kier alpha value is -2.33. The molecule has 1 aliphatic heterocycles. The number of ether oxygens (including phenoxy) is 1. The average Bonchev–Trinajstić information content (AvgIpc) is 3.06. The molecule has 3 rings (SSSR count). The second-order valence-corrected chi connectivity index (χ2v) is 7.00. The topological polar surface area (TPSA) is 41.6 Å². The molecule has 0 saturated carbocycles. The van der Waals surface area contributed by atoms with Crippen molar-refractivity contribution in [3.63, 3.8) is 0 Å². The van der Waals surface area contributed by atoms with Gasteiger partial charge >= 0.3 is 0 Å². The molecule has 1 unspecified atom stereocenters.